The van der Waals surface area contributed by atoms with Gasteiger partial charge in [-0.2, -0.15) is 0 Å². The fourth-order valence-corrected chi connectivity index (χ4v) is 3.37. The van der Waals surface area contributed by atoms with Crippen molar-refractivity contribution in [2.24, 2.45) is 4.99 Å². The van der Waals surface area contributed by atoms with E-state index in [0.29, 0.717) is 37.0 Å². The van der Waals surface area contributed by atoms with Crippen molar-refractivity contribution in [3.63, 3.8) is 0 Å². The summed E-state index contributed by atoms with van der Waals surface area (Å²) in [6, 6.07) is 5.88. The Labute approximate surface area is 148 Å². The lowest BCUT2D eigenvalue weighted by Crippen LogP contribution is -2.47. The molecule has 3 N–H and O–H groups in total. The van der Waals surface area contributed by atoms with Crippen LogP contribution in [-0.2, 0) is 9.53 Å². The van der Waals surface area contributed by atoms with E-state index in [1.54, 1.807) is 6.07 Å². The van der Waals surface area contributed by atoms with Gasteiger partial charge >= 0.3 is 0 Å². The molecule has 3 unspecified atom stereocenters. The molecule has 2 aliphatic rings. The van der Waals surface area contributed by atoms with Gasteiger partial charge in [0.15, 0.2) is 5.96 Å². The van der Waals surface area contributed by atoms with Crippen molar-refractivity contribution < 1.29 is 9.53 Å². The Bertz CT molecular complexity index is 634. The van der Waals surface area contributed by atoms with Crippen LogP contribution < -0.4 is 16.0 Å². The summed E-state index contributed by atoms with van der Waals surface area (Å²) >= 11 is 0. The molecule has 3 heterocycles. The average molecular weight is 345 g/mol. The minimum atomic E-state index is -0.0824. The van der Waals surface area contributed by atoms with Gasteiger partial charge in [-0.1, -0.05) is 6.07 Å². The van der Waals surface area contributed by atoms with Gasteiger partial charge in [-0.3, -0.25) is 9.79 Å². The van der Waals surface area contributed by atoms with Gasteiger partial charge in [-0.25, -0.2) is 4.98 Å². The monoisotopic (exact) mass is 345 g/mol. The van der Waals surface area contributed by atoms with Crippen molar-refractivity contribution in [3.05, 3.63) is 23.9 Å². The molecule has 1 amide bonds. The number of aromatic nitrogens is 1. The van der Waals surface area contributed by atoms with Crippen LogP contribution in [0.25, 0.3) is 0 Å². The summed E-state index contributed by atoms with van der Waals surface area (Å²) in [4.78, 5) is 20.8. The van der Waals surface area contributed by atoms with E-state index in [2.05, 4.69) is 25.9 Å². The van der Waals surface area contributed by atoms with Gasteiger partial charge < -0.3 is 20.7 Å². The number of pyridine rings is 1. The summed E-state index contributed by atoms with van der Waals surface area (Å²) in [5, 5.41) is 9.49. The number of nitrogens with one attached hydrogen (secondary N) is 3. The average Bonchev–Trinajstić information content (AvgIpc) is 3.18. The molecule has 136 valence electrons. The first-order valence-corrected chi connectivity index (χ1v) is 9.08. The Kier molecular flexibility index (Phi) is 5.86. The topological polar surface area (TPSA) is 87.6 Å². The summed E-state index contributed by atoms with van der Waals surface area (Å²) in [6.07, 6.45) is 4.34. The van der Waals surface area contributed by atoms with E-state index in [9.17, 15) is 4.79 Å². The van der Waals surface area contributed by atoms with Crippen LogP contribution in [0.1, 0.15) is 38.3 Å². The second-order valence-corrected chi connectivity index (χ2v) is 6.58. The van der Waals surface area contributed by atoms with E-state index in [1.165, 1.54) is 6.42 Å². The lowest BCUT2D eigenvalue weighted by Gasteiger charge is -2.22. The Morgan fingerprint density at radius 2 is 2.28 bits per heavy atom. The van der Waals surface area contributed by atoms with Crippen LogP contribution in [0.15, 0.2) is 23.2 Å². The molecule has 0 aromatic carbocycles. The zero-order chi connectivity index (χ0) is 17.6. The molecular weight excluding hydrogens is 318 g/mol. The first-order valence-electron chi connectivity index (χ1n) is 9.08. The predicted molar refractivity (Wildman–Crippen MR) is 97.6 cm³/mol. The van der Waals surface area contributed by atoms with Gasteiger partial charge in [0, 0.05) is 18.7 Å². The molecule has 2 fully saturated rings. The van der Waals surface area contributed by atoms with Crippen LogP contribution in [0.5, 0.6) is 0 Å². The van der Waals surface area contributed by atoms with Crippen molar-refractivity contribution in [2.75, 3.05) is 18.4 Å². The maximum absolute atomic E-state index is 12.0. The van der Waals surface area contributed by atoms with E-state index in [0.717, 1.165) is 31.0 Å². The molecule has 0 aliphatic carbocycles. The van der Waals surface area contributed by atoms with Gasteiger partial charge in [0.1, 0.15) is 5.82 Å². The molecule has 2 bridgehead atoms. The molecule has 25 heavy (non-hydrogen) atoms. The third kappa shape index (κ3) is 4.92. The zero-order valence-electron chi connectivity index (χ0n) is 14.9. The van der Waals surface area contributed by atoms with E-state index in [1.807, 2.05) is 26.0 Å². The predicted octanol–water partition coefficient (Wildman–Crippen LogP) is 1.59. The minimum Gasteiger partial charge on any atom is -0.373 e. The molecule has 3 rings (SSSR count). The summed E-state index contributed by atoms with van der Waals surface area (Å²) in [7, 11) is 0. The number of fused-ring (bicyclic) bond motifs is 2. The summed E-state index contributed by atoms with van der Waals surface area (Å²) < 4.78 is 5.87. The minimum absolute atomic E-state index is 0.0824. The highest BCUT2D eigenvalue weighted by atomic mass is 16.5. The van der Waals surface area contributed by atoms with Gasteiger partial charge in [-0.05, 0) is 45.2 Å². The van der Waals surface area contributed by atoms with E-state index in [-0.39, 0.29) is 5.91 Å². The number of aryl methyl sites for hydroxylation is 1. The quantitative estimate of drug-likeness (QED) is 0.538. The highest BCUT2D eigenvalue weighted by Gasteiger charge is 2.41. The lowest BCUT2D eigenvalue weighted by molar-refractivity contribution is -0.116. The number of hydrogen-bond acceptors (Lipinski definition) is 4. The van der Waals surface area contributed by atoms with E-state index in [4.69, 9.17) is 4.74 Å². The number of nitrogens with zero attached hydrogens (tertiary/aromatic N) is 2. The van der Waals surface area contributed by atoms with Crippen LogP contribution in [0, 0.1) is 6.92 Å². The lowest BCUT2D eigenvalue weighted by atomic mass is 9.96. The molecule has 0 saturated carbocycles. The van der Waals surface area contributed by atoms with Gasteiger partial charge in [0.25, 0.3) is 0 Å². The molecule has 3 atom stereocenters. The van der Waals surface area contributed by atoms with Crippen molar-refractivity contribution in [2.45, 2.75) is 57.8 Å². The Morgan fingerprint density at radius 1 is 1.40 bits per heavy atom. The number of ether oxygens (including phenoxy) is 1. The number of aliphatic imine (C=N–C) groups is 1. The number of guanidine groups is 1. The first-order chi connectivity index (χ1) is 12.1. The van der Waals surface area contributed by atoms with Gasteiger partial charge in [0.2, 0.25) is 5.91 Å². The summed E-state index contributed by atoms with van der Waals surface area (Å²) in [5.74, 6) is 1.25. The number of carbonyl (C=O) groups is 1. The van der Waals surface area contributed by atoms with Crippen molar-refractivity contribution >= 4 is 17.7 Å². The summed E-state index contributed by atoms with van der Waals surface area (Å²) in [5.41, 5.74) is 0.877. The first kappa shape index (κ1) is 17.7. The number of amides is 1. The standard InChI is InChI=1S/C18H27N5O2/c1-3-19-18(22-14-11-13-7-8-15(14)25-13)20-10-9-17(24)23-16-6-4-5-12(2)21-16/h4-6,13-15H,3,7-11H2,1-2H3,(H2,19,20,22)(H,21,23,24). The maximum atomic E-state index is 12.0. The molecule has 1 aromatic rings. The van der Waals surface area contributed by atoms with E-state index >= 15 is 0 Å². The Balaban J connectivity index is 1.47. The second kappa shape index (κ2) is 8.29. The van der Waals surface area contributed by atoms with Gasteiger partial charge in [0.05, 0.1) is 24.8 Å². The zero-order valence-corrected chi connectivity index (χ0v) is 14.9. The molecule has 2 saturated heterocycles. The van der Waals surface area contributed by atoms with Crippen LogP contribution >= 0.6 is 0 Å². The number of anilines is 1. The van der Waals surface area contributed by atoms with Crippen molar-refractivity contribution in [3.8, 4) is 0 Å². The summed E-state index contributed by atoms with van der Waals surface area (Å²) in [6.45, 7) is 5.14. The molecular formula is C18H27N5O2. The third-order valence-electron chi connectivity index (χ3n) is 4.54. The Hall–Kier alpha value is -2.15. The van der Waals surface area contributed by atoms with Crippen LogP contribution in [-0.4, -0.2) is 48.2 Å². The highest BCUT2D eigenvalue weighted by Crippen LogP contribution is 2.34. The Morgan fingerprint density at radius 3 is 2.96 bits per heavy atom. The smallest absolute Gasteiger partial charge is 0.227 e. The SMILES string of the molecule is CCNC(=NCCC(=O)Nc1cccc(C)n1)NC1CC2CCC1O2. The number of hydrogen-bond donors (Lipinski definition) is 3. The fourth-order valence-electron chi connectivity index (χ4n) is 3.37. The largest absolute Gasteiger partial charge is 0.373 e. The van der Waals surface area contributed by atoms with Crippen LogP contribution in [0.4, 0.5) is 5.82 Å². The number of carbonyl (C=O) groups excluding carboxylic acids is 1. The number of rotatable bonds is 6. The van der Waals surface area contributed by atoms with Crippen molar-refractivity contribution in [1.82, 2.24) is 15.6 Å². The maximum Gasteiger partial charge on any atom is 0.227 e. The van der Waals surface area contributed by atoms with E-state index < -0.39 is 0 Å². The normalized spacial score (nSPS) is 25.0. The third-order valence-corrected chi connectivity index (χ3v) is 4.54. The van der Waals surface area contributed by atoms with Crippen molar-refractivity contribution in [1.29, 1.82) is 0 Å². The van der Waals surface area contributed by atoms with Crippen LogP contribution in [0.3, 0.4) is 0 Å². The molecule has 0 spiro atoms. The molecule has 0 radical (unpaired) electrons. The molecule has 7 nitrogen and oxygen atoms in total. The van der Waals surface area contributed by atoms with Gasteiger partial charge in [-0.15, -0.1) is 0 Å². The van der Waals surface area contributed by atoms with Crippen LogP contribution in [0.2, 0.25) is 0 Å². The second-order valence-electron chi connectivity index (χ2n) is 6.58. The fraction of sp³-hybridized carbons (Fsp3) is 0.611. The molecule has 7 heteroatoms. The molecule has 2 aliphatic heterocycles. The highest BCUT2D eigenvalue weighted by molar-refractivity contribution is 5.90. The molecule has 1 aromatic heterocycles.